The Morgan fingerprint density at radius 1 is 1.50 bits per heavy atom. The van der Waals surface area contributed by atoms with Crippen LogP contribution in [0.2, 0.25) is 0 Å². The van der Waals surface area contributed by atoms with Gasteiger partial charge in [0.25, 0.3) is 5.56 Å². The third-order valence-electron chi connectivity index (χ3n) is 1.99. The number of nitrogens with zero attached hydrogens (tertiary/aromatic N) is 1. The summed E-state index contributed by atoms with van der Waals surface area (Å²) in [5, 5.41) is 0.859. The van der Waals surface area contributed by atoms with Gasteiger partial charge in [-0.15, -0.1) is 0 Å². The molecule has 0 aliphatic heterocycles. The van der Waals surface area contributed by atoms with Crippen molar-refractivity contribution in [2.45, 2.75) is 6.92 Å². The number of aryl methyl sites for hydroxylation is 1. The number of pyridine rings is 2. The number of H-pyrrole nitrogens is 1. The monoisotopic (exact) mass is 190 g/mol. The molecule has 5 heteroatoms. The van der Waals surface area contributed by atoms with Gasteiger partial charge in [0.2, 0.25) is 0 Å². The molecule has 0 aliphatic rings. The molecule has 0 saturated carbocycles. The van der Waals surface area contributed by atoms with Gasteiger partial charge in [-0.2, -0.15) is 0 Å². The van der Waals surface area contributed by atoms with Crippen LogP contribution < -0.4 is 16.8 Å². The van der Waals surface area contributed by atoms with E-state index < -0.39 is 0 Å². The zero-order valence-corrected chi connectivity index (χ0v) is 7.66. The molecule has 0 fully saturated rings. The van der Waals surface area contributed by atoms with Gasteiger partial charge in [-0.05, 0) is 24.6 Å². The highest BCUT2D eigenvalue weighted by atomic mass is 16.1. The van der Waals surface area contributed by atoms with Gasteiger partial charge in [0.05, 0.1) is 0 Å². The Morgan fingerprint density at radius 3 is 3.00 bits per heavy atom. The third kappa shape index (κ3) is 1.33. The van der Waals surface area contributed by atoms with E-state index in [2.05, 4.69) is 15.4 Å². The van der Waals surface area contributed by atoms with Gasteiger partial charge in [0, 0.05) is 11.6 Å². The second kappa shape index (κ2) is 3.12. The number of hydrogen-bond donors (Lipinski definition) is 3. The van der Waals surface area contributed by atoms with Gasteiger partial charge >= 0.3 is 0 Å². The lowest BCUT2D eigenvalue weighted by molar-refractivity contribution is 1.19. The SMILES string of the molecule is Cc1cnc2[nH]c(=O)c(NN)cc2c1. The summed E-state index contributed by atoms with van der Waals surface area (Å²) in [6.45, 7) is 1.94. The van der Waals surface area contributed by atoms with Crippen LogP contribution >= 0.6 is 0 Å². The minimum atomic E-state index is -0.267. The first kappa shape index (κ1) is 8.71. The summed E-state index contributed by atoms with van der Waals surface area (Å²) in [6.07, 6.45) is 1.70. The maximum Gasteiger partial charge on any atom is 0.274 e. The number of fused-ring (bicyclic) bond motifs is 1. The van der Waals surface area contributed by atoms with E-state index in [0.717, 1.165) is 10.9 Å². The topological polar surface area (TPSA) is 83.8 Å². The molecule has 2 aromatic heterocycles. The summed E-state index contributed by atoms with van der Waals surface area (Å²) in [5.41, 5.74) is 4.01. The maximum atomic E-state index is 11.3. The van der Waals surface area contributed by atoms with Crippen molar-refractivity contribution in [3.63, 3.8) is 0 Å². The van der Waals surface area contributed by atoms with Crippen molar-refractivity contribution in [1.82, 2.24) is 9.97 Å². The van der Waals surface area contributed by atoms with Gasteiger partial charge < -0.3 is 10.4 Å². The molecular formula is C9H10N4O. The average molecular weight is 190 g/mol. The number of aromatic amines is 1. The molecule has 0 radical (unpaired) electrons. The number of hydrogen-bond acceptors (Lipinski definition) is 4. The standard InChI is InChI=1S/C9H10N4O/c1-5-2-6-3-7(13-10)9(14)12-8(6)11-4-5/h2-4,13H,10H2,1H3,(H,11,12,14). The lowest BCUT2D eigenvalue weighted by Crippen LogP contribution is -2.18. The highest BCUT2D eigenvalue weighted by molar-refractivity contribution is 5.78. The van der Waals surface area contributed by atoms with Gasteiger partial charge in [-0.3, -0.25) is 10.6 Å². The molecule has 2 heterocycles. The van der Waals surface area contributed by atoms with E-state index in [0.29, 0.717) is 11.3 Å². The predicted molar refractivity (Wildman–Crippen MR) is 54.9 cm³/mol. The van der Waals surface area contributed by atoms with Crippen LogP contribution in [0.4, 0.5) is 5.69 Å². The van der Waals surface area contributed by atoms with Crippen molar-refractivity contribution < 1.29 is 0 Å². The van der Waals surface area contributed by atoms with E-state index in [1.807, 2.05) is 13.0 Å². The third-order valence-corrected chi connectivity index (χ3v) is 1.99. The quantitative estimate of drug-likeness (QED) is 0.452. The average Bonchev–Trinajstić information content (AvgIpc) is 2.17. The fraction of sp³-hybridized carbons (Fsp3) is 0.111. The van der Waals surface area contributed by atoms with Gasteiger partial charge in [0.15, 0.2) is 0 Å². The van der Waals surface area contributed by atoms with Crippen LogP contribution in [0.15, 0.2) is 23.1 Å². The lowest BCUT2D eigenvalue weighted by Gasteiger charge is -2.01. The number of nitrogens with one attached hydrogen (secondary N) is 2. The predicted octanol–water partition coefficient (Wildman–Crippen LogP) is 0.517. The van der Waals surface area contributed by atoms with Crippen LogP contribution in [0.3, 0.4) is 0 Å². The number of aromatic nitrogens is 2. The minimum Gasteiger partial charge on any atom is -0.319 e. The van der Waals surface area contributed by atoms with E-state index >= 15 is 0 Å². The summed E-state index contributed by atoms with van der Waals surface area (Å²) in [6, 6.07) is 3.60. The van der Waals surface area contributed by atoms with Gasteiger partial charge in [0.1, 0.15) is 11.3 Å². The molecule has 0 bridgehead atoms. The number of nitrogen functional groups attached to an aromatic ring is 1. The molecule has 0 unspecified atom stereocenters. The molecule has 0 aliphatic carbocycles. The summed E-state index contributed by atoms with van der Waals surface area (Å²) >= 11 is 0. The molecule has 4 N–H and O–H groups in total. The largest absolute Gasteiger partial charge is 0.319 e. The molecule has 0 saturated heterocycles. The normalized spacial score (nSPS) is 10.4. The van der Waals surface area contributed by atoms with Crippen LogP contribution in [0.5, 0.6) is 0 Å². The Balaban J connectivity index is 2.80. The van der Waals surface area contributed by atoms with Crippen LogP contribution in [0, 0.1) is 6.92 Å². The van der Waals surface area contributed by atoms with E-state index in [1.165, 1.54) is 0 Å². The molecule has 0 atom stereocenters. The Kier molecular flexibility index (Phi) is 1.94. The van der Waals surface area contributed by atoms with Gasteiger partial charge in [-0.25, -0.2) is 4.98 Å². The number of hydrazine groups is 1. The lowest BCUT2D eigenvalue weighted by atomic mass is 10.2. The molecule has 5 nitrogen and oxygen atoms in total. The van der Waals surface area contributed by atoms with Crippen LogP contribution in [0.25, 0.3) is 11.0 Å². The number of anilines is 1. The van der Waals surface area contributed by atoms with Crippen molar-refractivity contribution in [3.05, 3.63) is 34.2 Å². The molecule has 0 amide bonds. The van der Waals surface area contributed by atoms with E-state index in [4.69, 9.17) is 5.84 Å². The van der Waals surface area contributed by atoms with Crippen molar-refractivity contribution in [2.75, 3.05) is 5.43 Å². The van der Waals surface area contributed by atoms with Crippen molar-refractivity contribution in [2.24, 2.45) is 5.84 Å². The Hall–Kier alpha value is -1.88. The molecular weight excluding hydrogens is 180 g/mol. The summed E-state index contributed by atoms with van der Waals surface area (Å²) in [4.78, 5) is 18.0. The van der Waals surface area contributed by atoms with Crippen LogP contribution in [-0.2, 0) is 0 Å². The fourth-order valence-electron chi connectivity index (χ4n) is 1.31. The Labute approximate surface area is 79.9 Å². The zero-order chi connectivity index (χ0) is 10.1. The highest BCUT2D eigenvalue weighted by Crippen LogP contribution is 2.11. The first-order chi connectivity index (χ1) is 6.70. The zero-order valence-electron chi connectivity index (χ0n) is 7.66. The molecule has 14 heavy (non-hydrogen) atoms. The van der Waals surface area contributed by atoms with Crippen molar-refractivity contribution >= 4 is 16.7 Å². The minimum absolute atomic E-state index is 0.267. The molecule has 2 rings (SSSR count). The summed E-state index contributed by atoms with van der Waals surface area (Å²) in [5.74, 6) is 5.19. The second-order valence-corrected chi connectivity index (χ2v) is 3.11. The molecule has 0 aromatic carbocycles. The Morgan fingerprint density at radius 2 is 2.29 bits per heavy atom. The fourth-order valence-corrected chi connectivity index (χ4v) is 1.31. The smallest absolute Gasteiger partial charge is 0.274 e. The Bertz CT molecular complexity index is 532. The summed E-state index contributed by atoms with van der Waals surface area (Å²) in [7, 11) is 0. The van der Waals surface area contributed by atoms with Crippen LogP contribution in [-0.4, -0.2) is 9.97 Å². The van der Waals surface area contributed by atoms with E-state index in [9.17, 15) is 4.79 Å². The first-order valence-corrected chi connectivity index (χ1v) is 4.17. The van der Waals surface area contributed by atoms with Crippen molar-refractivity contribution in [3.8, 4) is 0 Å². The summed E-state index contributed by atoms with van der Waals surface area (Å²) < 4.78 is 0. The van der Waals surface area contributed by atoms with E-state index in [-0.39, 0.29) is 5.56 Å². The maximum absolute atomic E-state index is 11.3. The first-order valence-electron chi connectivity index (χ1n) is 4.17. The molecule has 0 spiro atoms. The van der Waals surface area contributed by atoms with Gasteiger partial charge in [-0.1, -0.05) is 0 Å². The second-order valence-electron chi connectivity index (χ2n) is 3.11. The number of nitrogens with two attached hydrogens (primary N) is 1. The highest BCUT2D eigenvalue weighted by Gasteiger charge is 2.01. The molecule has 2 aromatic rings. The van der Waals surface area contributed by atoms with Crippen LogP contribution in [0.1, 0.15) is 5.56 Å². The molecule has 72 valence electrons. The van der Waals surface area contributed by atoms with E-state index in [1.54, 1.807) is 12.3 Å². The van der Waals surface area contributed by atoms with Crippen molar-refractivity contribution in [1.29, 1.82) is 0 Å². The number of rotatable bonds is 1.